The molecule has 0 unspecified atom stereocenters. The third-order valence-corrected chi connectivity index (χ3v) is 4.27. The van der Waals surface area contributed by atoms with Gasteiger partial charge in [0.25, 0.3) is 5.91 Å². The number of aromatic nitrogens is 3. The van der Waals surface area contributed by atoms with Crippen molar-refractivity contribution in [2.75, 3.05) is 6.54 Å². The molecule has 23 heavy (non-hydrogen) atoms. The summed E-state index contributed by atoms with van der Waals surface area (Å²) in [6, 6.07) is 7.66. The Labute approximate surface area is 138 Å². The molecule has 0 saturated heterocycles. The Kier molecular flexibility index (Phi) is 3.50. The minimum atomic E-state index is -0.135. The Morgan fingerprint density at radius 1 is 1.26 bits per heavy atom. The highest BCUT2D eigenvalue weighted by atomic mass is 35.5. The van der Waals surface area contributed by atoms with Crippen LogP contribution >= 0.6 is 11.6 Å². The van der Waals surface area contributed by atoms with Gasteiger partial charge in [0.1, 0.15) is 0 Å². The van der Waals surface area contributed by atoms with Crippen LogP contribution in [0, 0.1) is 5.92 Å². The van der Waals surface area contributed by atoms with E-state index in [1.54, 1.807) is 12.4 Å². The summed E-state index contributed by atoms with van der Waals surface area (Å²) < 4.78 is 0. The molecule has 0 aliphatic heterocycles. The predicted molar refractivity (Wildman–Crippen MR) is 89.4 cm³/mol. The smallest absolute Gasteiger partial charge is 0.272 e. The number of nitrogens with one attached hydrogen (secondary N) is 2. The molecule has 2 heterocycles. The van der Waals surface area contributed by atoms with Gasteiger partial charge >= 0.3 is 0 Å². The summed E-state index contributed by atoms with van der Waals surface area (Å²) >= 11 is 6.01. The minimum absolute atomic E-state index is 0.135. The van der Waals surface area contributed by atoms with Gasteiger partial charge in [-0.2, -0.15) is 5.10 Å². The largest absolute Gasteiger partial charge is 0.350 e. The molecule has 2 aromatic heterocycles. The number of benzene rings is 1. The van der Waals surface area contributed by atoms with Gasteiger partial charge in [0, 0.05) is 29.9 Å². The number of aromatic amines is 1. The molecule has 116 valence electrons. The van der Waals surface area contributed by atoms with Crippen LogP contribution in [-0.2, 0) is 0 Å². The molecule has 1 aliphatic rings. The first-order valence-corrected chi connectivity index (χ1v) is 7.96. The normalized spacial score (nSPS) is 14.1. The third-order valence-electron chi connectivity index (χ3n) is 4.06. The predicted octanol–water partition coefficient (Wildman–Crippen LogP) is 3.42. The maximum absolute atomic E-state index is 12.3. The molecule has 0 bridgehead atoms. The lowest BCUT2D eigenvalue weighted by Crippen LogP contribution is -2.26. The zero-order valence-corrected chi connectivity index (χ0v) is 13.1. The number of hydrogen-bond donors (Lipinski definition) is 2. The number of H-pyrrole nitrogens is 1. The summed E-state index contributed by atoms with van der Waals surface area (Å²) in [7, 11) is 0. The van der Waals surface area contributed by atoms with Gasteiger partial charge in [-0.1, -0.05) is 17.7 Å². The first kappa shape index (κ1) is 14.2. The number of rotatable bonds is 4. The van der Waals surface area contributed by atoms with E-state index in [9.17, 15) is 4.79 Å². The Balaban J connectivity index is 1.69. The topological polar surface area (TPSA) is 70.7 Å². The van der Waals surface area contributed by atoms with Crippen LogP contribution in [0.25, 0.3) is 22.0 Å². The molecule has 1 saturated carbocycles. The van der Waals surface area contributed by atoms with Crippen molar-refractivity contribution in [1.29, 1.82) is 0 Å². The summed E-state index contributed by atoms with van der Waals surface area (Å²) in [5, 5.41) is 11.4. The third kappa shape index (κ3) is 2.92. The van der Waals surface area contributed by atoms with Crippen molar-refractivity contribution in [3.8, 4) is 11.1 Å². The molecule has 1 aliphatic carbocycles. The van der Waals surface area contributed by atoms with Gasteiger partial charge in [0.2, 0.25) is 0 Å². The molecule has 1 aromatic carbocycles. The molecule has 6 heteroatoms. The number of fused-ring (bicyclic) bond motifs is 1. The van der Waals surface area contributed by atoms with Crippen molar-refractivity contribution in [2.24, 2.45) is 5.92 Å². The van der Waals surface area contributed by atoms with Gasteiger partial charge in [0.15, 0.2) is 5.69 Å². The van der Waals surface area contributed by atoms with Crippen molar-refractivity contribution in [1.82, 2.24) is 20.5 Å². The summed E-state index contributed by atoms with van der Waals surface area (Å²) in [6.07, 6.45) is 5.75. The highest BCUT2D eigenvalue weighted by Gasteiger charge is 2.23. The summed E-state index contributed by atoms with van der Waals surface area (Å²) in [5.74, 6) is 0.502. The molecule has 1 amide bonds. The van der Waals surface area contributed by atoms with E-state index in [-0.39, 0.29) is 5.91 Å². The molecule has 4 rings (SSSR count). The standard InChI is InChI=1S/C17H15ClN4O/c18-13-5-12(8-19-9-13)11-3-4-15-14(6-11)16(22-21-15)17(23)20-7-10-1-2-10/h3-6,8-10H,1-2,7H2,(H,20,23)(H,21,22). The van der Waals surface area contributed by atoms with E-state index in [2.05, 4.69) is 20.5 Å². The Hall–Kier alpha value is -2.40. The summed E-state index contributed by atoms with van der Waals surface area (Å²) in [5.41, 5.74) is 3.12. The zero-order chi connectivity index (χ0) is 15.8. The second-order valence-electron chi connectivity index (χ2n) is 5.88. The highest BCUT2D eigenvalue weighted by Crippen LogP contribution is 2.28. The van der Waals surface area contributed by atoms with E-state index in [0.29, 0.717) is 16.6 Å². The minimum Gasteiger partial charge on any atom is -0.350 e. The lowest BCUT2D eigenvalue weighted by atomic mass is 10.0. The number of carbonyl (C=O) groups excluding carboxylic acids is 1. The molecule has 2 N–H and O–H groups in total. The van der Waals surface area contributed by atoms with Crippen LogP contribution in [0.3, 0.4) is 0 Å². The second-order valence-corrected chi connectivity index (χ2v) is 6.31. The molecule has 0 spiro atoms. The van der Waals surface area contributed by atoms with Crippen LogP contribution in [-0.4, -0.2) is 27.6 Å². The van der Waals surface area contributed by atoms with Crippen molar-refractivity contribution in [3.63, 3.8) is 0 Å². The SMILES string of the molecule is O=C(NCC1CC1)c1n[nH]c2ccc(-c3cncc(Cl)c3)cc12. The van der Waals surface area contributed by atoms with Crippen LogP contribution in [0.15, 0.2) is 36.7 Å². The number of nitrogens with zero attached hydrogens (tertiary/aromatic N) is 2. The van der Waals surface area contributed by atoms with Crippen molar-refractivity contribution < 1.29 is 4.79 Å². The van der Waals surface area contributed by atoms with Crippen LogP contribution in [0.1, 0.15) is 23.3 Å². The number of carbonyl (C=O) groups is 1. The number of amides is 1. The zero-order valence-electron chi connectivity index (χ0n) is 12.3. The van der Waals surface area contributed by atoms with Gasteiger partial charge in [-0.05, 0) is 42.5 Å². The Morgan fingerprint density at radius 2 is 2.13 bits per heavy atom. The van der Waals surface area contributed by atoms with E-state index in [4.69, 9.17) is 11.6 Å². The fourth-order valence-electron chi connectivity index (χ4n) is 2.58. The lowest BCUT2D eigenvalue weighted by molar-refractivity contribution is 0.0948. The maximum atomic E-state index is 12.3. The van der Waals surface area contributed by atoms with E-state index < -0.39 is 0 Å². The molecule has 5 nitrogen and oxygen atoms in total. The fourth-order valence-corrected chi connectivity index (χ4v) is 2.75. The summed E-state index contributed by atoms with van der Waals surface area (Å²) in [6.45, 7) is 0.727. The number of halogens is 1. The Morgan fingerprint density at radius 3 is 2.91 bits per heavy atom. The Bertz CT molecular complexity index is 885. The summed E-state index contributed by atoms with van der Waals surface area (Å²) in [4.78, 5) is 16.4. The second kappa shape index (κ2) is 5.66. The van der Waals surface area contributed by atoms with Gasteiger partial charge in [0.05, 0.1) is 10.5 Å². The van der Waals surface area contributed by atoms with E-state index in [1.807, 2.05) is 24.3 Å². The van der Waals surface area contributed by atoms with Crippen molar-refractivity contribution in [3.05, 3.63) is 47.4 Å². The van der Waals surface area contributed by atoms with Crippen LogP contribution in [0.4, 0.5) is 0 Å². The first-order chi connectivity index (χ1) is 11.2. The average molecular weight is 327 g/mol. The molecule has 3 aromatic rings. The van der Waals surface area contributed by atoms with E-state index in [0.717, 1.165) is 28.6 Å². The molecule has 0 radical (unpaired) electrons. The van der Waals surface area contributed by atoms with Crippen molar-refractivity contribution in [2.45, 2.75) is 12.8 Å². The van der Waals surface area contributed by atoms with Crippen LogP contribution < -0.4 is 5.32 Å². The van der Waals surface area contributed by atoms with E-state index >= 15 is 0 Å². The molecular weight excluding hydrogens is 312 g/mol. The van der Waals surface area contributed by atoms with Gasteiger partial charge in [-0.25, -0.2) is 0 Å². The highest BCUT2D eigenvalue weighted by molar-refractivity contribution is 6.30. The quantitative estimate of drug-likeness (QED) is 0.771. The fraction of sp³-hybridized carbons (Fsp3) is 0.235. The molecule has 0 atom stereocenters. The first-order valence-electron chi connectivity index (χ1n) is 7.58. The van der Waals surface area contributed by atoms with E-state index in [1.165, 1.54) is 12.8 Å². The van der Waals surface area contributed by atoms with Crippen molar-refractivity contribution >= 4 is 28.4 Å². The van der Waals surface area contributed by atoms with Gasteiger partial charge in [-0.3, -0.25) is 14.9 Å². The monoisotopic (exact) mass is 326 g/mol. The van der Waals surface area contributed by atoms with Crippen LogP contribution in [0.2, 0.25) is 5.02 Å². The number of pyridine rings is 1. The van der Waals surface area contributed by atoms with Gasteiger partial charge in [-0.15, -0.1) is 0 Å². The number of hydrogen-bond acceptors (Lipinski definition) is 3. The molecule has 1 fully saturated rings. The average Bonchev–Trinajstić information content (AvgIpc) is 3.29. The molecular formula is C17H15ClN4O. The van der Waals surface area contributed by atoms with Gasteiger partial charge < -0.3 is 5.32 Å². The van der Waals surface area contributed by atoms with Crippen LogP contribution in [0.5, 0.6) is 0 Å². The maximum Gasteiger partial charge on any atom is 0.272 e. The lowest BCUT2D eigenvalue weighted by Gasteiger charge is -2.04.